The number of likely N-dealkylation sites (N-methyl/N-ethyl adjacent to an activating group) is 1. The van der Waals surface area contributed by atoms with Crippen LogP contribution in [0.25, 0.3) is 0 Å². The molecule has 0 radical (unpaired) electrons. The molecule has 1 fully saturated rings. The van der Waals surface area contributed by atoms with Crippen molar-refractivity contribution in [3.05, 3.63) is 111 Å². The molecule has 6 amide bonds. The van der Waals surface area contributed by atoms with E-state index in [4.69, 9.17) is 10.5 Å². The zero-order valence-corrected chi connectivity index (χ0v) is 32.3. The van der Waals surface area contributed by atoms with Gasteiger partial charge in [0.1, 0.15) is 41.8 Å². The normalized spacial score (nSPS) is 17.9. The molecule has 3 aromatic rings. The highest BCUT2D eigenvalue weighted by Crippen LogP contribution is 2.29. The Morgan fingerprint density at radius 1 is 0.932 bits per heavy atom. The lowest BCUT2D eigenvalue weighted by Crippen LogP contribution is -2.62. The van der Waals surface area contributed by atoms with E-state index in [0.29, 0.717) is 11.1 Å². The molecule has 0 spiro atoms. The number of hydrogen-bond donors (Lipinski definition) is 10. The summed E-state index contributed by atoms with van der Waals surface area (Å²) in [7, 11) is 1.32. The molecule has 4 rings (SSSR count). The number of carbonyl (C=O) groups excluding carboxylic acids is 5. The monoisotopic (exact) mass is 821 g/mol. The lowest BCUT2D eigenvalue weighted by atomic mass is 10.0. The number of ether oxygens (including phenoxy) is 1. The number of amides is 6. The van der Waals surface area contributed by atoms with Crippen molar-refractivity contribution < 1.29 is 48.8 Å². The van der Waals surface area contributed by atoms with E-state index in [1.165, 1.54) is 33.0 Å². The summed E-state index contributed by atoms with van der Waals surface area (Å²) in [5.74, 6) is -4.64. The molecule has 316 valence electrons. The summed E-state index contributed by atoms with van der Waals surface area (Å²) in [5, 5.41) is 42.5. The first kappa shape index (κ1) is 44.7. The molecule has 1 aliphatic heterocycles. The van der Waals surface area contributed by atoms with Crippen molar-refractivity contribution in [3.63, 3.8) is 0 Å². The number of carboxylic acids is 1. The number of nitrogens with zero attached hydrogens (tertiary/aromatic N) is 2. The van der Waals surface area contributed by atoms with Crippen molar-refractivity contribution in [1.82, 2.24) is 41.0 Å². The molecule has 0 saturated carbocycles. The number of aliphatic carboxylic acids is 1. The molecular formula is C38H47N9O12. The minimum Gasteiger partial charge on any atom is -0.508 e. The smallest absolute Gasteiger partial charge is 0.331 e. The third-order valence-electron chi connectivity index (χ3n) is 9.33. The standard InChI is InChI=1S/C38H47N9O12/c1-20(41-37(57)43-27(36(55)56)15-22-8-5-4-6-9-22)32(52)45-31(33(53)40-19-25-17-28(49)35(59-25)47-13-12-29(50)44-38(47)58)21(2)46(3)34(54)26(42-30(51)18-39)16-23-10-7-11-24(48)14-23/h4-14,19-21,26-28,31,35,48-49H,15-18,39H2,1-3H3,(H,40,53)(H,42,51)(H,45,52)(H,55,56)(H2,41,43,57)(H,44,50,58). The zero-order valence-electron chi connectivity index (χ0n) is 32.3. The molecule has 7 atom stereocenters. The molecule has 0 bridgehead atoms. The Kier molecular flexibility index (Phi) is 15.5. The summed E-state index contributed by atoms with van der Waals surface area (Å²) >= 11 is 0. The Morgan fingerprint density at radius 2 is 1.61 bits per heavy atom. The Bertz CT molecular complexity index is 2160. The van der Waals surface area contributed by atoms with Crippen LogP contribution in [0, 0.1) is 0 Å². The highest BCUT2D eigenvalue weighted by atomic mass is 16.5. The van der Waals surface area contributed by atoms with Crippen LogP contribution in [0.4, 0.5) is 4.79 Å². The Morgan fingerprint density at radius 3 is 2.25 bits per heavy atom. The lowest BCUT2D eigenvalue weighted by Gasteiger charge is -2.34. The molecule has 0 aliphatic carbocycles. The van der Waals surface area contributed by atoms with E-state index in [2.05, 4.69) is 31.6 Å². The second-order valence-corrected chi connectivity index (χ2v) is 13.7. The molecule has 1 aromatic heterocycles. The van der Waals surface area contributed by atoms with E-state index in [1.807, 2.05) is 0 Å². The van der Waals surface area contributed by atoms with E-state index >= 15 is 0 Å². The van der Waals surface area contributed by atoms with E-state index in [1.54, 1.807) is 42.5 Å². The number of aromatic hydroxyl groups is 1. The molecule has 21 nitrogen and oxygen atoms in total. The summed E-state index contributed by atoms with van der Waals surface area (Å²) in [6.45, 7) is 2.25. The number of carbonyl (C=O) groups is 6. The van der Waals surface area contributed by atoms with Gasteiger partial charge in [-0.3, -0.25) is 33.5 Å². The third kappa shape index (κ3) is 12.5. The maximum atomic E-state index is 14.0. The lowest BCUT2D eigenvalue weighted by molar-refractivity contribution is -0.140. The molecular weight excluding hydrogens is 774 g/mol. The topological polar surface area (TPSA) is 317 Å². The highest BCUT2D eigenvalue weighted by Gasteiger charge is 2.37. The summed E-state index contributed by atoms with van der Waals surface area (Å²) < 4.78 is 6.62. The molecule has 7 unspecified atom stereocenters. The van der Waals surface area contributed by atoms with Crippen molar-refractivity contribution >= 4 is 35.6 Å². The van der Waals surface area contributed by atoms with Crippen LogP contribution in [-0.4, -0.2) is 115 Å². The number of aromatic nitrogens is 2. The van der Waals surface area contributed by atoms with E-state index in [9.17, 15) is 53.7 Å². The van der Waals surface area contributed by atoms with Crippen LogP contribution in [0.15, 0.2) is 88.4 Å². The Labute approximate surface area is 336 Å². The van der Waals surface area contributed by atoms with Crippen LogP contribution in [0.5, 0.6) is 5.75 Å². The number of H-pyrrole nitrogens is 1. The van der Waals surface area contributed by atoms with Crippen LogP contribution >= 0.6 is 0 Å². The number of benzene rings is 2. The van der Waals surface area contributed by atoms with Crippen LogP contribution in [-0.2, 0) is 41.6 Å². The van der Waals surface area contributed by atoms with Crippen LogP contribution in [0.1, 0.15) is 37.6 Å². The van der Waals surface area contributed by atoms with Gasteiger partial charge in [-0.2, -0.15) is 0 Å². The molecule has 11 N–H and O–H groups in total. The maximum absolute atomic E-state index is 14.0. The predicted molar refractivity (Wildman–Crippen MR) is 208 cm³/mol. The highest BCUT2D eigenvalue weighted by molar-refractivity contribution is 5.94. The van der Waals surface area contributed by atoms with Gasteiger partial charge in [-0.1, -0.05) is 42.5 Å². The van der Waals surface area contributed by atoms with Gasteiger partial charge >= 0.3 is 17.7 Å². The fourth-order valence-electron chi connectivity index (χ4n) is 6.03. The number of nitrogens with one attached hydrogen (secondary N) is 6. The molecule has 21 heteroatoms. The van der Waals surface area contributed by atoms with Crippen molar-refractivity contribution in [3.8, 4) is 5.75 Å². The van der Waals surface area contributed by atoms with Crippen LogP contribution in [0.3, 0.4) is 0 Å². The number of hydrogen-bond acceptors (Lipinski definition) is 12. The summed E-state index contributed by atoms with van der Waals surface area (Å²) in [6.07, 6.45) is -0.672. The SMILES string of the molecule is CC(NC(=O)NC(Cc1ccccc1)C(=O)O)C(=O)NC(C(=O)NC=C1CC(O)C(n2ccc(=O)[nH]c2=O)O1)C(C)N(C)C(=O)C(Cc1cccc(O)c1)NC(=O)CN. The minimum absolute atomic E-state index is 0.00183. The van der Waals surface area contributed by atoms with Crippen LogP contribution in [0.2, 0.25) is 0 Å². The largest absolute Gasteiger partial charge is 0.508 e. The Balaban J connectivity index is 1.55. The fraction of sp³-hybridized carbons (Fsp3) is 0.368. The molecule has 2 aromatic carbocycles. The van der Waals surface area contributed by atoms with Gasteiger partial charge in [0.25, 0.3) is 5.56 Å². The molecule has 1 aliphatic rings. The second kappa shape index (κ2) is 20.4. The van der Waals surface area contributed by atoms with Gasteiger partial charge in [0, 0.05) is 44.8 Å². The predicted octanol–water partition coefficient (Wildman–Crippen LogP) is -2.12. The number of nitrogens with two attached hydrogens (primary N) is 1. The average molecular weight is 822 g/mol. The summed E-state index contributed by atoms with van der Waals surface area (Å²) in [4.78, 5) is 106. The van der Waals surface area contributed by atoms with Crippen molar-refractivity contribution in [1.29, 1.82) is 0 Å². The number of phenols is 1. The second-order valence-electron chi connectivity index (χ2n) is 13.7. The number of rotatable bonds is 17. The fourth-order valence-corrected chi connectivity index (χ4v) is 6.03. The van der Waals surface area contributed by atoms with Gasteiger partial charge in [0.15, 0.2) is 0 Å². The number of aliphatic hydroxyl groups excluding tert-OH is 1. The van der Waals surface area contributed by atoms with Gasteiger partial charge < -0.3 is 57.3 Å². The first-order chi connectivity index (χ1) is 28.0. The van der Waals surface area contributed by atoms with E-state index in [0.717, 1.165) is 27.9 Å². The van der Waals surface area contributed by atoms with Crippen molar-refractivity contribution in [2.45, 2.75) is 75.7 Å². The minimum atomic E-state index is -1.58. The molecule has 2 heterocycles. The van der Waals surface area contributed by atoms with Gasteiger partial charge in [-0.05, 0) is 37.1 Å². The average Bonchev–Trinajstić information content (AvgIpc) is 3.57. The first-order valence-electron chi connectivity index (χ1n) is 18.3. The Hall–Kier alpha value is -7.00. The molecule has 59 heavy (non-hydrogen) atoms. The quantitative estimate of drug-likeness (QED) is 0.0698. The third-order valence-corrected chi connectivity index (χ3v) is 9.33. The van der Waals surface area contributed by atoms with Gasteiger partial charge in [-0.15, -0.1) is 0 Å². The van der Waals surface area contributed by atoms with Gasteiger partial charge in [0.2, 0.25) is 29.9 Å². The number of phenolic OH excluding ortho intramolecular Hbond substituents is 1. The van der Waals surface area contributed by atoms with E-state index < -0.39 is 96.0 Å². The number of aliphatic hydroxyl groups is 1. The van der Waals surface area contributed by atoms with Gasteiger partial charge in [-0.25, -0.2) is 14.4 Å². The summed E-state index contributed by atoms with van der Waals surface area (Å²) in [5.41, 5.74) is 5.09. The van der Waals surface area contributed by atoms with Crippen molar-refractivity contribution in [2.75, 3.05) is 13.6 Å². The molecule has 1 saturated heterocycles. The number of urea groups is 1. The zero-order chi connectivity index (χ0) is 43.4. The maximum Gasteiger partial charge on any atom is 0.331 e. The van der Waals surface area contributed by atoms with Crippen LogP contribution < -0.4 is 43.6 Å². The van der Waals surface area contributed by atoms with E-state index in [-0.39, 0.29) is 30.8 Å². The summed E-state index contributed by atoms with van der Waals surface area (Å²) in [6, 6.07) is 7.83. The first-order valence-corrected chi connectivity index (χ1v) is 18.3. The van der Waals surface area contributed by atoms with Gasteiger partial charge in [0.05, 0.1) is 12.6 Å². The number of aromatic amines is 1. The number of carboxylic acid groups (broad SMARTS) is 1. The van der Waals surface area contributed by atoms with Crippen molar-refractivity contribution in [2.24, 2.45) is 5.73 Å².